The van der Waals surface area contributed by atoms with Crippen LogP contribution in [-0.2, 0) is 9.53 Å². The Morgan fingerprint density at radius 3 is 2.72 bits per heavy atom. The molecule has 0 saturated carbocycles. The maximum absolute atomic E-state index is 13.1. The topological polar surface area (TPSA) is 91.4 Å². The van der Waals surface area contributed by atoms with Crippen molar-refractivity contribution in [1.29, 1.82) is 0 Å². The molecule has 1 aromatic rings. The zero-order valence-electron chi connectivity index (χ0n) is 14.2. The van der Waals surface area contributed by atoms with Crippen LogP contribution in [0.5, 0.6) is 0 Å². The molecule has 3 aliphatic heterocycles. The Kier molecular flexibility index (Phi) is 4.07. The molecule has 1 atom stereocenters. The van der Waals surface area contributed by atoms with Gasteiger partial charge < -0.3 is 14.5 Å². The molecule has 3 saturated heterocycles. The summed E-state index contributed by atoms with van der Waals surface area (Å²) in [5, 5.41) is 6.33. The molecule has 2 amide bonds. The lowest BCUT2D eigenvalue weighted by Gasteiger charge is -2.55. The third kappa shape index (κ3) is 2.84. The minimum atomic E-state index is -0.175. The number of hydrogen-bond acceptors (Lipinski definition) is 5. The number of carbonyl (C=O) groups is 2. The molecule has 1 aromatic heterocycles. The molecule has 1 N–H and O–H groups in total. The van der Waals surface area contributed by atoms with Crippen molar-refractivity contribution >= 4 is 11.8 Å². The molecule has 134 valence electrons. The quantitative estimate of drug-likeness (QED) is 0.787. The van der Waals surface area contributed by atoms with Crippen molar-refractivity contribution in [3.05, 3.63) is 24.3 Å². The number of nitrogens with zero attached hydrogens (tertiary/aromatic N) is 4. The number of amides is 2. The van der Waals surface area contributed by atoms with Gasteiger partial charge >= 0.3 is 0 Å². The largest absolute Gasteiger partial charge is 0.381 e. The highest BCUT2D eigenvalue weighted by molar-refractivity contribution is 5.91. The second kappa shape index (κ2) is 6.25. The molecule has 0 bridgehead atoms. The number of carbonyl (C=O) groups excluding carboxylic acids is 2. The number of piperidine rings is 1. The van der Waals surface area contributed by atoms with E-state index < -0.39 is 0 Å². The molecule has 8 nitrogen and oxygen atoms in total. The number of aromatic nitrogens is 3. The van der Waals surface area contributed by atoms with Crippen LogP contribution in [0.25, 0.3) is 0 Å². The average Bonchev–Trinajstić information content (AvgIpc) is 3.14. The second-order valence-electron chi connectivity index (χ2n) is 7.31. The van der Waals surface area contributed by atoms with Crippen molar-refractivity contribution in [3.8, 4) is 0 Å². The summed E-state index contributed by atoms with van der Waals surface area (Å²) >= 11 is 0. The van der Waals surface area contributed by atoms with Crippen molar-refractivity contribution in [2.24, 2.45) is 11.3 Å². The monoisotopic (exact) mass is 345 g/mol. The van der Waals surface area contributed by atoms with Gasteiger partial charge in [-0.05, 0) is 19.3 Å². The summed E-state index contributed by atoms with van der Waals surface area (Å²) in [5.74, 6) is 0.0831. The zero-order chi connectivity index (χ0) is 17.4. The van der Waals surface area contributed by atoms with E-state index in [-0.39, 0.29) is 29.0 Å². The van der Waals surface area contributed by atoms with Gasteiger partial charge in [-0.25, -0.2) is 4.98 Å². The van der Waals surface area contributed by atoms with Crippen LogP contribution in [0.2, 0.25) is 0 Å². The first-order chi connectivity index (χ1) is 12.1. The Labute approximate surface area is 146 Å². The Morgan fingerprint density at radius 1 is 1.28 bits per heavy atom. The van der Waals surface area contributed by atoms with Gasteiger partial charge in [0.15, 0.2) is 0 Å². The van der Waals surface area contributed by atoms with Crippen LogP contribution in [0.15, 0.2) is 18.5 Å². The molecule has 0 aromatic carbocycles. The van der Waals surface area contributed by atoms with Crippen LogP contribution in [0.1, 0.15) is 29.9 Å². The van der Waals surface area contributed by atoms with Crippen molar-refractivity contribution in [2.75, 3.05) is 39.4 Å². The number of H-pyrrole nitrogens is 1. The zero-order valence-corrected chi connectivity index (χ0v) is 14.2. The lowest BCUT2D eigenvalue weighted by molar-refractivity contribution is -0.162. The van der Waals surface area contributed by atoms with E-state index in [1.54, 1.807) is 4.90 Å². The molecule has 4 heterocycles. The fourth-order valence-electron chi connectivity index (χ4n) is 4.12. The molecule has 3 fully saturated rings. The Balaban J connectivity index is 1.44. The Bertz CT molecular complexity index is 670. The van der Waals surface area contributed by atoms with E-state index >= 15 is 0 Å². The lowest BCUT2D eigenvalue weighted by atomic mass is 9.65. The normalized spacial score (nSPS) is 25.8. The fourth-order valence-corrected chi connectivity index (χ4v) is 4.12. The van der Waals surface area contributed by atoms with Crippen molar-refractivity contribution < 1.29 is 14.3 Å². The average molecular weight is 345 g/mol. The summed E-state index contributed by atoms with van der Waals surface area (Å²) in [5.41, 5.74) is 1.05. The molecular formula is C17H23N5O3. The van der Waals surface area contributed by atoms with Gasteiger partial charge in [0.2, 0.25) is 11.7 Å². The summed E-state index contributed by atoms with van der Waals surface area (Å²) in [7, 11) is 0. The highest BCUT2D eigenvalue weighted by Crippen LogP contribution is 2.45. The SMILES string of the molecule is C=C1CCN(C(=O)[C@@H]2COCCC23CN(C(=O)c2ncn[nH]2)C3)CC1. The van der Waals surface area contributed by atoms with E-state index in [2.05, 4.69) is 21.8 Å². The molecule has 0 unspecified atom stereocenters. The Hall–Kier alpha value is -2.22. The van der Waals surface area contributed by atoms with Crippen LogP contribution in [0, 0.1) is 11.3 Å². The first kappa shape index (κ1) is 16.3. The van der Waals surface area contributed by atoms with E-state index in [0.29, 0.717) is 26.3 Å². The van der Waals surface area contributed by atoms with Gasteiger partial charge in [0.1, 0.15) is 6.33 Å². The number of hydrogen-bond donors (Lipinski definition) is 1. The summed E-state index contributed by atoms with van der Waals surface area (Å²) in [4.78, 5) is 33.0. The number of rotatable bonds is 2. The molecular weight excluding hydrogens is 322 g/mol. The summed E-state index contributed by atoms with van der Waals surface area (Å²) in [6.45, 7) is 7.73. The van der Waals surface area contributed by atoms with Gasteiger partial charge in [0, 0.05) is 38.2 Å². The minimum absolute atomic E-state index is 0.157. The van der Waals surface area contributed by atoms with Crippen LogP contribution in [-0.4, -0.2) is 76.2 Å². The van der Waals surface area contributed by atoms with Crippen molar-refractivity contribution in [3.63, 3.8) is 0 Å². The Morgan fingerprint density at radius 2 is 2.04 bits per heavy atom. The third-order valence-corrected chi connectivity index (χ3v) is 5.76. The van der Waals surface area contributed by atoms with Crippen LogP contribution in [0.4, 0.5) is 0 Å². The van der Waals surface area contributed by atoms with Gasteiger partial charge in [0.05, 0.1) is 12.5 Å². The minimum Gasteiger partial charge on any atom is -0.381 e. The fraction of sp³-hybridized carbons (Fsp3) is 0.647. The van der Waals surface area contributed by atoms with Crippen LogP contribution >= 0.6 is 0 Å². The second-order valence-corrected chi connectivity index (χ2v) is 7.31. The lowest BCUT2D eigenvalue weighted by Crippen LogP contribution is -2.66. The molecule has 0 radical (unpaired) electrons. The maximum atomic E-state index is 13.1. The predicted molar refractivity (Wildman–Crippen MR) is 88.6 cm³/mol. The first-order valence-corrected chi connectivity index (χ1v) is 8.77. The van der Waals surface area contributed by atoms with Crippen molar-refractivity contribution in [1.82, 2.24) is 25.0 Å². The van der Waals surface area contributed by atoms with Crippen LogP contribution < -0.4 is 0 Å². The first-order valence-electron chi connectivity index (χ1n) is 8.77. The van der Waals surface area contributed by atoms with Gasteiger partial charge in [-0.3, -0.25) is 14.7 Å². The van der Waals surface area contributed by atoms with Gasteiger partial charge in [-0.2, -0.15) is 5.10 Å². The number of likely N-dealkylation sites (tertiary alicyclic amines) is 2. The third-order valence-electron chi connectivity index (χ3n) is 5.76. The van der Waals surface area contributed by atoms with E-state index in [9.17, 15) is 9.59 Å². The highest BCUT2D eigenvalue weighted by Gasteiger charge is 2.55. The van der Waals surface area contributed by atoms with E-state index in [1.807, 2.05) is 4.90 Å². The molecule has 25 heavy (non-hydrogen) atoms. The van der Waals surface area contributed by atoms with Crippen LogP contribution in [0.3, 0.4) is 0 Å². The standard InChI is InChI=1S/C17H23N5O3/c1-12-2-5-21(6-3-12)15(23)13-8-25-7-4-17(13)9-22(10-17)16(24)14-18-11-19-20-14/h11,13H,1-10H2,(H,18,19,20)/t13-/m0/s1. The van der Waals surface area contributed by atoms with E-state index in [4.69, 9.17) is 4.74 Å². The number of aromatic amines is 1. The van der Waals surface area contributed by atoms with Gasteiger partial charge in [-0.15, -0.1) is 0 Å². The number of ether oxygens (including phenoxy) is 1. The van der Waals surface area contributed by atoms with Gasteiger partial charge in [0.25, 0.3) is 5.91 Å². The van der Waals surface area contributed by atoms with E-state index in [1.165, 1.54) is 11.9 Å². The van der Waals surface area contributed by atoms with Gasteiger partial charge in [-0.1, -0.05) is 12.2 Å². The molecule has 4 rings (SSSR count). The highest BCUT2D eigenvalue weighted by atomic mass is 16.5. The van der Waals surface area contributed by atoms with E-state index in [0.717, 1.165) is 32.4 Å². The predicted octanol–water partition coefficient (Wildman–Crippen LogP) is 0.462. The smallest absolute Gasteiger partial charge is 0.291 e. The summed E-state index contributed by atoms with van der Waals surface area (Å²) in [6, 6.07) is 0. The maximum Gasteiger partial charge on any atom is 0.291 e. The summed E-state index contributed by atoms with van der Waals surface area (Å²) < 4.78 is 5.62. The molecule has 8 heteroatoms. The molecule has 0 aliphatic carbocycles. The van der Waals surface area contributed by atoms with Crippen molar-refractivity contribution in [2.45, 2.75) is 19.3 Å². The summed E-state index contributed by atoms with van der Waals surface area (Å²) in [6.07, 6.45) is 3.89. The molecule has 1 spiro atoms. The molecule has 3 aliphatic rings. The number of nitrogens with one attached hydrogen (secondary N) is 1.